The molecule has 3 N–H and O–H groups in total. The maximum atomic E-state index is 13.7. The second-order valence-electron chi connectivity index (χ2n) is 7.95. The molecule has 4 amide bonds. The number of fused-ring (bicyclic) bond motifs is 1. The second kappa shape index (κ2) is 11.6. The largest absolute Gasteiger partial charge is 0.341 e. The minimum Gasteiger partial charge on any atom is -0.341 e. The van der Waals surface area contributed by atoms with Gasteiger partial charge in [0.15, 0.2) is 0 Å². The molecule has 0 unspecified atom stereocenters. The quantitative estimate of drug-likeness (QED) is 0.576. The zero-order valence-corrected chi connectivity index (χ0v) is 20.4. The Hall–Kier alpha value is -3.43. The van der Waals surface area contributed by atoms with Crippen LogP contribution in [0.15, 0.2) is 54.6 Å². The van der Waals surface area contributed by atoms with E-state index < -0.39 is 29.9 Å². The Morgan fingerprint density at radius 3 is 2.18 bits per heavy atom. The minimum atomic E-state index is -1.05. The molecule has 0 radical (unpaired) electrons. The SMILES string of the molecule is CN[C@@H](C)C(=O)N[C@@H]1C(=O)N(CC(=O)Nc2ccccc2)c2ccccc2N(C(C)=O)[C@H]1C.Cl. The van der Waals surface area contributed by atoms with Crippen LogP contribution in [0.5, 0.6) is 0 Å². The molecule has 2 aromatic carbocycles. The highest BCUT2D eigenvalue weighted by Gasteiger charge is 2.42. The molecule has 0 aromatic heterocycles. The summed E-state index contributed by atoms with van der Waals surface area (Å²) in [5.74, 6) is -1.54. The molecule has 34 heavy (non-hydrogen) atoms. The van der Waals surface area contributed by atoms with E-state index in [0.717, 1.165) is 0 Å². The zero-order valence-electron chi connectivity index (χ0n) is 19.6. The number of amides is 4. The Kier molecular flexibility index (Phi) is 9.17. The lowest BCUT2D eigenvalue weighted by atomic mass is 10.1. The number of hydrogen-bond acceptors (Lipinski definition) is 5. The van der Waals surface area contributed by atoms with E-state index >= 15 is 0 Å². The molecule has 1 heterocycles. The van der Waals surface area contributed by atoms with Crippen LogP contribution in [0.1, 0.15) is 20.8 Å². The Morgan fingerprint density at radius 1 is 1.00 bits per heavy atom. The van der Waals surface area contributed by atoms with Crippen molar-refractivity contribution >= 4 is 53.1 Å². The Balaban J connectivity index is 0.00000408. The average Bonchev–Trinajstić information content (AvgIpc) is 2.88. The van der Waals surface area contributed by atoms with Gasteiger partial charge in [0.2, 0.25) is 17.7 Å². The fourth-order valence-corrected chi connectivity index (χ4v) is 3.83. The lowest BCUT2D eigenvalue weighted by Gasteiger charge is -2.32. The van der Waals surface area contributed by atoms with E-state index in [-0.39, 0.29) is 30.8 Å². The number of halogens is 1. The van der Waals surface area contributed by atoms with Gasteiger partial charge in [-0.2, -0.15) is 0 Å². The summed E-state index contributed by atoms with van der Waals surface area (Å²) >= 11 is 0. The number of carbonyl (C=O) groups excluding carboxylic acids is 4. The minimum absolute atomic E-state index is 0. The molecule has 0 fully saturated rings. The molecule has 1 aliphatic rings. The van der Waals surface area contributed by atoms with Crippen LogP contribution in [0.25, 0.3) is 0 Å². The monoisotopic (exact) mass is 487 g/mol. The van der Waals surface area contributed by atoms with Crippen molar-refractivity contribution in [1.82, 2.24) is 10.6 Å². The molecule has 1 aliphatic heterocycles. The Bertz CT molecular complexity index is 1050. The third-order valence-corrected chi connectivity index (χ3v) is 5.68. The number of para-hydroxylation sites is 3. The van der Waals surface area contributed by atoms with Crippen LogP contribution >= 0.6 is 12.4 Å². The van der Waals surface area contributed by atoms with Gasteiger partial charge in [-0.1, -0.05) is 30.3 Å². The molecule has 182 valence electrons. The van der Waals surface area contributed by atoms with Crippen LogP contribution in [-0.2, 0) is 19.2 Å². The van der Waals surface area contributed by atoms with E-state index in [4.69, 9.17) is 0 Å². The predicted octanol–water partition coefficient (Wildman–Crippen LogP) is 1.93. The highest BCUT2D eigenvalue weighted by atomic mass is 35.5. The number of rotatable bonds is 6. The summed E-state index contributed by atoms with van der Waals surface area (Å²) in [6.07, 6.45) is 0. The highest BCUT2D eigenvalue weighted by Crippen LogP contribution is 2.35. The molecule has 3 rings (SSSR count). The molecular weight excluding hydrogens is 458 g/mol. The van der Waals surface area contributed by atoms with Crippen molar-refractivity contribution in [3.63, 3.8) is 0 Å². The van der Waals surface area contributed by atoms with Crippen LogP contribution in [0, 0.1) is 0 Å². The number of anilines is 3. The first-order valence-electron chi connectivity index (χ1n) is 10.8. The normalized spacial score (nSPS) is 18.2. The maximum Gasteiger partial charge on any atom is 0.252 e. The van der Waals surface area contributed by atoms with E-state index in [1.165, 1.54) is 16.7 Å². The lowest BCUT2D eigenvalue weighted by molar-refractivity contribution is -0.129. The number of nitrogens with one attached hydrogen (secondary N) is 3. The highest BCUT2D eigenvalue weighted by molar-refractivity contribution is 6.11. The van der Waals surface area contributed by atoms with Crippen molar-refractivity contribution in [1.29, 1.82) is 0 Å². The smallest absolute Gasteiger partial charge is 0.252 e. The fourth-order valence-electron chi connectivity index (χ4n) is 3.83. The summed E-state index contributed by atoms with van der Waals surface area (Å²) in [5, 5.41) is 8.38. The molecule has 2 aromatic rings. The zero-order chi connectivity index (χ0) is 24.1. The Morgan fingerprint density at radius 2 is 1.59 bits per heavy atom. The van der Waals surface area contributed by atoms with Gasteiger partial charge in [-0.25, -0.2) is 0 Å². The van der Waals surface area contributed by atoms with Gasteiger partial charge in [0.25, 0.3) is 5.91 Å². The van der Waals surface area contributed by atoms with E-state index in [1.54, 1.807) is 69.4 Å². The molecule has 3 atom stereocenters. The Labute approximate surface area is 205 Å². The molecule has 0 aliphatic carbocycles. The summed E-state index contributed by atoms with van der Waals surface area (Å²) in [7, 11) is 1.64. The van der Waals surface area contributed by atoms with Gasteiger partial charge in [0.05, 0.1) is 23.5 Å². The van der Waals surface area contributed by atoms with Crippen molar-refractivity contribution in [3.8, 4) is 0 Å². The fraction of sp³-hybridized carbons (Fsp3) is 0.333. The number of likely N-dealkylation sites (N-methyl/N-ethyl adjacent to an activating group) is 1. The summed E-state index contributed by atoms with van der Waals surface area (Å²) in [5.41, 5.74) is 1.52. The van der Waals surface area contributed by atoms with Gasteiger partial charge >= 0.3 is 0 Å². The molecule has 10 heteroatoms. The van der Waals surface area contributed by atoms with Crippen molar-refractivity contribution in [2.75, 3.05) is 28.7 Å². The van der Waals surface area contributed by atoms with Crippen molar-refractivity contribution in [2.24, 2.45) is 0 Å². The molecule has 0 spiro atoms. The maximum absolute atomic E-state index is 13.7. The van der Waals surface area contributed by atoms with Crippen LogP contribution in [0.2, 0.25) is 0 Å². The third-order valence-electron chi connectivity index (χ3n) is 5.68. The summed E-state index contributed by atoms with van der Waals surface area (Å²) in [4.78, 5) is 54.6. The molecule has 9 nitrogen and oxygen atoms in total. The van der Waals surface area contributed by atoms with Gasteiger partial charge < -0.3 is 20.9 Å². The summed E-state index contributed by atoms with van der Waals surface area (Å²) in [6.45, 7) is 4.50. The van der Waals surface area contributed by atoms with Gasteiger partial charge in [0, 0.05) is 12.6 Å². The summed E-state index contributed by atoms with van der Waals surface area (Å²) in [6, 6.07) is 13.6. The van der Waals surface area contributed by atoms with Crippen molar-refractivity contribution < 1.29 is 19.2 Å². The van der Waals surface area contributed by atoms with Crippen molar-refractivity contribution in [3.05, 3.63) is 54.6 Å². The number of benzene rings is 2. The lowest BCUT2D eigenvalue weighted by Crippen LogP contribution is -2.60. The van der Waals surface area contributed by atoms with Crippen LogP contribution in [0.4, 0.5) is 17.1 Å². The van der Waals surface area contributed by atoms with E-state index in [1.807, 2.05) is 6.07 Å². The first-order valence-corrected chi connectivity index (χ1v) is 10.8. The second-order valence-corrected chi connectivity index (χ2v) is 7.95. The standard InChI is InChI=1S/C24H29N5O4.ClH/c1-15(25-4)23(32)27-22-16(2)29(17(3)30)20-13-9-8-12-19(20)28(24(22)33)14-21(31)26-18-10-6-5-7-11-18;/h5-13,15-16,22,25H,14H2,1-4H3,(H,26,31)(H,27,32);1H/t15-,16-,22-;/m0./s1. The number of nitrogens with zero attached hydrogens (tertiary/aromatic N) is 2. The predicted molar refractivity (Wildman–Crippen MR) is 134 cm³/mol. The van der Waals surface area contributed by atoms with Crippen molar-refractivity contribution in [2.45, 2.75) is 38.9 Å². The molecule has 0 saturated heterocycles. The van der Waals surface area contributed by atoms with Gasteiger partial charge in [-0.05, 0) is 45.2 Å². The van der Waals surface area contributed by atoms with Gasteiger partial charge in [-0.3, -0.25) is 24.1 Å². The van der Waals surface area contributed by atoms with Crippen LogP contribution in [0.3, 0.4) is 0 Å². The number of carbonyl (C=O) groups is 4. The summed E-state index contributed by atoms with van der Waals surface area (Å²) < 4.78 is 0. The topological polar surface area (TPSA) is 111 Å². The third kappa shape index (κ3) is 5.73. The first-order chi connectivity index (χ1) is 15.7. The first kappa shape index (κ1) is 26.8. The molecule has 0 bridgehead atoms. The molecular formula is C24H30ClN5O4. The van der Waals surface area contributed by atoms with Gasteiger partial charge in [-0.15, -0.1) is 12.4 Å². The van der Waals surface area contributed by atoms with E-state index in [0.29, 0.717) is 17.1 Å². The number of hydrogen-bond donors (Lipinski definition) is 3. The van der Waals surface area contributed by atoms with E-state index in [9.17, 15) is 19.2 Å². The molecule has 0 saturated carbocycles. The van der Waals surface area contributed by atoms with E-state index in [2.05, 4.69) is 16.0 Å². The van der Waals surface area contributed by atoms with Crippen LogP contribution in [-0.4, -0.2) is 55.3 Å². The average molecular weight is 488 g/mol. The van der Waals surface area contributed by atoms with Crippen LogP contribution < -0.4 is 25.8 Å². The van der Waals surface area contributed by atoms with Gasteiger partial charge in [0.1, 0.15) is 12.6 Å².